The van der Waals surface area contributed by atoms with E-state index in [1.165, 1.54) is 0 Å². The monoisotopic (exact) mass is 297 g/mol. The predicted molar refractivity (Wildman–Crippen MR) is 85.9 cm³/mol. The highest BCUT2D eigenvalue weighted by Gasteiger charge is 2.21. The molecule has 3 rings (SSSR count). The lowest BCUT2D eigenvalue weighted by Crippen LogP contribution is -2.20. The number of oxime groups is 1. The summed E-state index contributed by atoms with van der Waals surface area (Å²) in [7, 11) is 0. The molecule has 0 bridgehead atoms. The van der Waals surface area contributed by atoms with E-state index in [1.807, 2.05) is 49.5 Å². The molecule has 1 aromatic carbocycles. The van der Waals surface area contributed by atoms with Crippen molar-refractivity contribution >= 4 is 5.71 Å². The van der Waals surface area contributed by atoms with Crippen molar-refractivity contribution in [2.45, 2.75) is 19.4 Å². The summed E-state index contributed by atoms with van der Waals surface area (Å²) in [5.41, 5.74) is 9.49. The van der Waals surface area contributed by atoms with Crippen molar-refractivity contribution < 1.29 is 9.57 Å². The first kappa shape index (κ1) is 14.5. The molecule has 2 aromatic rings. The van der Waals surface area contributed by atoms with Crippen LogP contribution in [0.4, 0.5) is 0 Å². The molecule has 2 heterocycles. The standard InChI is InChI=1S/C17H19N3O2/c1-12-6-7-13(10-19-12)16-4-2-3-5-17(16)21-11-15-8-14(9-18)20-22-15/h2-7,10,15H,8-9,11,18H2,1H3. The molecule has 1 unspecified atom stereocenters. The van der Waals surface area contributed by atoms with Gasteiger partial charge in [-0.25, -0.2) is 0 Å². The van der Waals surface area contributed by atoms with Gasteiger partial charge in [0, 0.05) is 36.0 Å². The molecule has 0 saturated carbocycles. The van der Waals surface area contributed by atoms with E-state index in [2.05, 4.69) is 10.1 Å². The van der Waals surface area contributed by atoms with Gasteiger partial charge in [0.1, 0.15) is 12.4 Å². The first-order chi connectivity index (χ1) is 10.8. The second-order valence-electron chi connectivity index (χ2n) is 5.29. The topological polar surface area (TPSA) is 69.7 Å². The van der Waals surface area contributed by atoms with E-state index in [-0.39, 0.29) is 6.10 Å². The van der Waals surface area contributed by atoms with Gasteiger partial charge in [-0.1, -0.05) is 29.4 Å². The highest BCUT2D eigenvalue weighted by molar-refractivity contribution is 5.87. The Kier molecular flexibility index (Phi) is 4.34. The Labute approximate surface area is 129 Å². The molecule has 0 amide bonds. The molecular formula is C17H19N3O2. The van der Waals surface area contributed by atoms with Crippen LogP contribution in [-0.4, -0.2) is 30.0 Å². The molecular weight excluding hydrogens is 278 g/mol. The number of nitrogens with zero attached hydrogens (tertiary/aromatic N) is 2. The zero-order chi connectivity index (χ0) is 15.4. The zero-order valence-electron chi connectivity index (χ0n) is 12.5. The number of para-hydroxylation sites is 1. The number of pyridine rings is 1. The molecule has 2 N–H and O–H groups in total. The van der Waals surface area contributed by atoms with Gasteiger partial charge in [-0.15, -0.1) is 0 Å². The fourth-order valence-electron chi connectivity index (χ4n) is 2.34. The number of hydrogen-bond acceptors (Lipinski definition) is 5. The minimum atomic E-state index is -0.0669. The van der Waals surface area contributed by atoms with Crippen LogP contribution in [0, 0.1) is 6.92 Å². The highest BCUT2D eigenvalue weighted by Crippen LogP contribution is 2.29. The van der Waals surface area contributed by atoms with Crippen LogP contribution in [0.1, 0.15) is 12.1 Å². The molecule has 0 fully saturated rings. The number of rotatable bonds is 5. The number of aryl methyl sites for hydroxylation is 1. The summed E-state index contributed by atoms with van der Waals surface area (Å²) < 4.78 is 5.93. The second-order valence-corrected chi connectivity index (χ2v) is 5.29. The molecule has 1 aliphatic heterocycles. The molecule has 0 spiro atoms. The Morgan fingerprint density at radius 3 is 2.86 bits per heavy atom. The maximum Gasteiger partial charge on any atom is 0.166 e. The molecule has 0 radical (unpaired) electrons. The smallest absolute Gasteiger partial charge is 0.166 e. The molecule has 1 atom stereocenters. The van der Waals surface area contributed by atoms with Crippen LogP contribution in [0.3, 0.4) is 0 Å². The summed E-state index contributed by atoms with van der Waals surface area (Å²) in [6, 6.07) is 12.0. The van der Waals surface area contributed by atoms with Crippen molar-refractivity contribution in [2.75, 3.05) is 13.2 Å². The van der Waals surface area contributed by atoms with Crippen LogP contribution >= 0.6 is 0 Å². The van der Waals surface area contributed by atoms with Crippen LogP contribution in [0.5, 0.6) is 5.75 Å². The lowest BCUT2D eigenvalue weighted by Gasteiger charge is -2.14. The third-order valence-electron chi connectivity index (χ3n) is 3.56. The van der Waals surface area contributed by atoms with E-state index in [0.29, 0.717) is 13.2 Å². The number of hydrogen-bond donors (Lipinski definition) is 1. The molecule has 1 aliphatic rings. The maximum atomic E-state index is 5.93. The quantitative estimate of drug-likeness (QED) is 0.920. The highest BCUT2D eigenvalue weighted by atomic mass is 16.7. The Morgan fingerprint density at radius 2 is 2.14 bits per heavy atom. The minimum absolute atomic E-state index is 0.0669. The third-order valence-corrected chi connectivity index (χ3v) is 3.56. The van der Waals surface area contributed by atoms with E-state index < -0.39 is 0 Å². The van der Waals surface area contributed by atoms with Gasteiger partial charge in [0.05, 0.1) is 5.71 Å². The fourth-order valence-corrected chi connectivity index (χ4v) is 2.34. The summed E-state index contributed by atoms with van der Waals surface area (Å²) >= 11 is 0. The summed E-state index contributed by atoms with van der Waals surface area (Å²) in [5.74, 6) is 0.818. The van der Waals surface area contributed by atoms with Crippen molar-refractivity contribution in [3.63, 3.8) is 0 Å². The van der Waals surface area contributed by atoms with E-state index in [4.69, 9.17) is 15.3 Å². The van der Waals surface area contributed by atoms with Crippen LogP contribution in [0.15, 0.2) is 47.8 Å². The van der Waals surface area contributed by atoms with Crippen molar-refractivity contribution in [2.24, 2.45) is 10.9 Å². The Hall–Kier alpha value is -2.40. The number of ether oxygens (including phenoxy) is 1. The molecule has 0 aliphatic carbocycles. The van der Waals surface area contributed by atoms with E-state index >= 15 is 0 Å². The van der Waals surface area contributed by atoms with Crippen molar-refractivity contribution in [1.29, 1.82) is 0 Å². The maximum absolute atomic E-state index is 5.93. The first-order valence-electron chi connectivity index (χ1n) is 7.33. The first-order valence-corrected chi connectivity index (χ1v) is 7.33. The number of benzene rings is 1. The number of nitrogens with two attached hydrogens (primary N) is 1. The summed E-state index contributed by atoms with van der Waals surface area (Å²) in [5, 5.41) is 3.94. The Bertz CT molecular complexity index is 668. The average molecular weight is 297 g/mol. The van der Waals surface area contributed by atoms with Crippen LogP contribution in [-0.2, 0) is 4.84 Å². The van der Waals surface area contributed by atoms with Crippen molar-refractivity contribution in [3.8, 4) is 16.9 Å². The summed E-state index contributed by atoms with van der Waals surface area (Å²) in [4.78, 5) is 9.65. The SMILES string of the molecule is Cc1ccc(-c2ccccc2OCC2CC(CN)=NO2)cn1. The predicted octanol–water partition coefficient (Wildman–Crippen LogP) is 2.54. The average Bonchev–Trinajstić information content (AvgIpc) is 3.02. The molecule has 5 nitrogen and oxygen atoms in total. The summed E-state index contributed by atoms with van der Waals surface area (Å²) in [6.45, 7) is 2.85. The normalized spacial score (nSPS) is 17.0. The molecule has 0 saturated heterocycles. The molecule has 1 aromatic heterocycles. The van der Waals surface area contributed by atoms with Crippen LogP contribution in [0.2, 0.25) is 0 Å². The van der Waals surface area contributed by atoms with Gasteiger partial charge >= 0.3 is 0 Å². The van der Waals surface area contributed by atoms with Gasteiger partial charge < -0.3 is 15.3 Å². The van der Waals surface area contributed by atoms with Gasteiger partial charge in [0.15, 0.2) is 6.10 Å². The summed E-state index contributed by atoms with van der Waals surface area (Å²) in [6.07, 6.45) is 2.52. The second kappa shape index (κ2) is 6.58. The number of aromatic nitrogens is 1. The zero-order valence-corrected chi connectivity index (χ0v) is 12.5. The van der Waals surface area contributed by atoms with Gasteiger partial charge in [-0.05, 0) is 19.1 Å². The third kappa shape index (κ3) is 3.26. The molecule has 5 heteroatoms. The van der Waals surface area contributed by atoms with E-state index in [0.717, 1.165) is 34.7 Å². The van der Waals surface area contributed by atoms with E-state index in [1.54, 1.807) is 0 Å². The largest absolute Gasteiger partial charge is 0.489 e. The Balaban J connectivity index is 1.71. The fraction of sp³-hybridized carbons (Fsp3) is 0.294. The van der Waals surface area contributed by atoms with Gasteiger partial charge in [-0.2, -0.15) is 0 Å². The minimum Gasteiger partial charge on any atom is -0.489 e. The lowest BCUT2D eigenvalue weighted by atomic mass is 10.1. The molecule has 114 valence electrons. The van der Waals surface area contributed by atoms with Crippen LogP contribution in [0.25, 0.3) is 11.1 Å². The van der Waals surface area contributed by atoms with Crippen LogP contribution < -0.4 is 10.5 Å². The van der Waals surface area contributed by atoms with E-state index in [9.17, 15) is 0 Å². The van der Waals surface area contributed by atoms with Gasteiger partial charge in [0.25, 0.3) is 0 Å². The Morgan fingerprint density at radius 1 is 1.27 bits per heavy atom. The van der Waals surface area contributed by atoms with Gasteiger partial charge in [-0.3, -0.25) is 4.98 Å². The van der Waals surface area contributed by atoms with Crippen molar-refractivity contribution in [1.82, 2.24) is 4.98 Å². The van der Waals surface area contributed by atoms with Gasteiger partial charge in [0.2, 0.25) is 0 Å². The molecule has 22 heavy (non-hydrogen) atoms. The lowest BCUT2D eigenvalue weighted by molar-refractivity contribution is 0.0472. The van der Waals surface area contributed by atoms with Crippen molar-refractivity contribution in [3.05, 3.63) is 48.3 Å².